The van der Waals surface area contributed by atoms with Crippen LogP contribution in [0.5, 0.6) is 0 Å². The summed E-state index contributed by atoms with van der Waals surface area (Å²) in [5, 5.41) is 9.00. The standard InChI is InChI=1S/C23H38O2S/c1-2-3-4-5-6-7-8-9-10-11-12-13-14-15-19-26-22-18-16-17-21(20-22)23(24)25/h16-18,20H,2-15,19H2,1H3,(H,24,25). The first-order valence-electron chi connectivity index (χ1n) is 10.7. The summed E-state index contributed by atoms with van der Waals surface area (Å²) in [6, 6.07) is 7.26. The number of rotatable bonds is 17. The summed E-state index contributed by atoms with van der Waals surface area (Å²) >= 11 is 1.77. The maximum absolute atomic E-state index is 11.0. The SMILES string of the molecule is CCCCCCCCCCCCCCCCSc1cccc(C(=O)O)c1. The molecule has 0 aliphatic heterocycles. The second kappa shape index (κ2) is 16.2. The minimum absolute atomic E-state index is 0.385. The van der Waals surface area contributed by atoms with Crippen LogP contribution < -0.4 is 0 Å². The molecule has 0 radical (unpaired) electrons. The molecule has 26 heavy (non-hydrogen) atoms. The fourth-order valence-electron chi connectivity index (χ4n) is 3.21. The van der Waals surface area contributed by atoms with Crippen molar-refractivity contribution in [1.29, 1.82) is 0 Å². The Bertz CT molecular complexity index is 473. The van der Waals surface area contributed by atoms with Crippen molar-refractivity contribution < 1.29 is 9.90 Å². The lowest BCUT2D eigenvalue weighted by atomic mass is 10.0. The summed E-state index contributed by atoms with van der Waals surface area (Å²) in [7, 11) is 0. The fraction of sp³-hybridized carbons (Fsp3) is 0.696. The van der Waals surface area contributed by atoms with Gasteiger partial charge in [-0.05, 0) is 30.4 Å². The molecule has 1 rings (SSSR count). The second-order valence-corrected chi connectivity index (χ2v) is 8.45. The molecule has 0 heterocycles. The van der Waals surface area contributed by atoms with E-state index in [9.17, 15) is 4.79 Å². The number of carboxylic acids is 1. The molecule has 0 aromatic heterocycles. The number of carboxylic acid groups (broad SMARTS) is 1. The number of hydrogen-bond donors (Lipinski definition) is 1. The highest BCUT2D eigenvalue weighted by atomic mass is 32.2. The van der Waals surface area contributed by atoms with Gasteiger partial charge in [0, 0.05) is 4.90 Å². The van der Waals surface area contributed by atoms with Crippen molar-refractivity contribution in [3.63, 3.8) is 0 Å². The maximum Gasteiger partial charge on any atom is 0.335 e. The van der Waals surface area contributed by atoms with Gasteiger partial charge >= 0.3 is 5.97 Å². The first kappa shape index (κ1) is 23.1. The van der Waals surface area contributed by atoms with Crippen LogP contribution in [0.1, 0.15) is 107 Å². The predicted octanol–water partition coefficient (Wildman–Crippen LogP) is 7.96. The van der Waals surface area contributed by atoms with Gasteiger partial charge in [0.05, 0.1) is 5.56 Å². The van der Waals surface area contributed by atoms with Crippen molar-refractivity contribution >= 4 is 17.7 Å². The van der Waals surface area contributed by atoms with Gasteiger partial charge in [-0.15, -0.1) is 11.8 Å². The van der Waals surface area contributed by atoms with Crippen molar-refractivity contribution in [2.75, 3.05) is 5.75 Å². The van der Waals surface area contributed by atoms with Gasteiger partial charge < -0.3 is 5.11 Å². The third kappa shape index (κ3) is 12.4. The van der Waals surface area contributed by atoms with Gasteiger partial charge in [-0.3, -0.25) is 0 Å². The molecular formula is C23H38O2S. The Hall–Kier alpha value is -0.960. The Labute approximate surface area is 165 Å². The minimum Gasteiger partial charge on any atom is -0.478 e. The minimum atomic E-state index is -0.844. The molecule has 0 bridgehead atoms. The van der Waals surface area contributed by atoms with Gasteiger partial charge in [0.25, 0.3) is 0 Å². The van der Waals surface area contributed by atoms with Crippen LogP contribution in [0.2, 0.25) is 0 Å². The van der Waals surface area contributed by atoms with Crippen LogP contribution in [-0.2, 0) is 0 Å². The fourth-order valence-corrected chi connectivity index (χ4v) is 4.17. The molecule has 2 nitrogen and oxygen atoms in total. The smallest absolute Gasteiger partial charge is 0.335 e. The molecule has 3 heteroatoms. The van der Waals surface area contributed by atoms with E-state index in [2.05, 4.69) is 6.92 Å². The van der Waals surface area contributed by atoms with Crippen molar-refractivity contribution in [2.45, 2.75) is 102 Å². The summed E-state index contributed by atoms with van der Waals surface area (Å²) in [6.07, 6.45) is 19.4. The van der Waals surface area contributed by atoms with E-state index in [4.69, 9.17) is 5.11 Å². The van der Waals surface area contributed by atoms with E-state index >= 15 is 0 Å². The van der Waals surface area contributed by atoms with Crippen LogP contribution in [0.15, 0.2) is 29.2 Å². The topological polar surface area (TPSA) is 37.3 Å². The molecule has 1 aromatic carbocycles. The summed E-state index contributed by atoms with van der Waals surface area (Å²) < 4.78 is 0. The lowest BCUT2D eigenvalue weighted by molar-refractivity contribution is 0.0696. The van der Waals surface area contributed by atoms with Crippen LogP contribution in [0.3, 0.4) is 0 Å². The predicted molar refractivity (Wildman–Crippen MR) is 114 cm³/mol. The van der Waals surface area contributed by atoms with Crippen LogP contribution >= 0.6 is 11.8 Å². The van der Waals surface area contributed by atoms with Crippen molar-refractivity contribution in [3.05, 3.63) is 29.8 Å². The Morgan fingerprint density at radius 2 is 1.31 bits per heavy atom. The number of hydrogen-bond acceptors (Lipinski definition) is 2. The molecule has 0 unspecified atom stereocenters. The zero-order valence-corrected chi connectivity index (χ0v) is 17.5. The largest absolute Gasteiger partial charge is 0.478 e. The molecule has 0 saturated heterocycles. The third-order valence-corrected chi connectivity index (χ3v) is 5.93. The highest BCUT2D eigenvalue weighted by Crippen LogP contribution is 2.21. The number of unbranched alkanes of at least 4 members (excludes halogenated alkanes) is 13. The summed E-state index contributed by atoms with van der Waals surface area (Å²) in [5.41, 5.74) is 0.385. The lowest BCUT2D eigenvalue weighted by Crippen LogP contribution is -1.95. The highest BCUT2D eigenvalue weighted by molar-refractivity contribution is 7.99. The van der Waals surface area contributed by atoms with Gasteiger partial charge in [-0.25, -0.2) is 4.79 Å². The quantitative estimate of drug-likeness (QED) is 0.221. The highest BCUT2D eigenvalue weighted by Gasteiger charge is 2.03. The van der Waals surface area contributed by atoms with Gasteiger partial charge in [-0.2, -0.15) is 0 Å². The van der Waals surface area contributed by atoms with Crippen molar-refractivity contribution in [3.8, 4) is 0 Å². The second-order valence-electron chi connectivity index (χ2n) is 7.28. The number of carbonyl (C=O) groups is 1. The first-order chi connectivity index (χ1) is 12.7. The van der Waals surface area contributed by atoms with E-state index in [1.807, 2.05) is 12.1 Å². The Morgan fingerprint density at radius 1 is 0.808 bits per heavy atom. The van der Waals surface area contributed by atoms with E-state index in [1.165, 1.54) is 89.9 Å². The molecule has 0 amide bonds. The van der Waals surface area contributed by atoms with E-state index in [0.717, 1.165) is 10.6 Å². The molecule has 0 aliphatic carbocycles. The Morgan fingerprint density at radius 3 is 1.81 bits per heavy atom. The normalized spacial score (nSPS) is 11.0. The molecule has 0 fully saturated rings. The van der Waals surface area contributed by atoms with Gasteiger partial charge in [0.15, 0.2) is 0 Å². The molecular weight excluding hydrogens is 340 g/mol. The third-order valence-electron chi connectivity index (χ3n) is 4.85. The molecule has 1 N–H and O–H groups in total. The Balaban J connectivity index is 1.85. The average Bonchev–Trinajstić information content (AvgIpc) is 2.65. The molecule has 0 saturated carbocycles. The lowest BCUT2D eigenvalue weighted by Gasteiger charge is -2.04. The van der Waals surface area contributed by atoms with Gasteiger partial charge in [0.1, 0.15) is 0 Å². The Kier molecular flexibility index (Phi) is 14.4. The molecule has 0 spiro atoms. The maximum atomic E-state index is 11.0. The number of thioether (sulfide) groups is 1. The number of benzene rings is 1. The number of aromatic carboxylic acids is 1. The first-order valence-corrected chi connectivity index (χ1v) is 11.7. The molecule has 0 aliphatic rings. The van der Waals surface area contributed by atoms with E-state index in [0.29, 0.717) is 5.56 Å². The summed E-state index contributed by atoms with van der Waals surface area (Å²) in [6.45, 7) is 2.28. The van der Waals surface area contributed by atoms with Crippen molar-refractivity contribution in [1.82, 2.24) is 0 Å². The van der Waals surface area contributed by atoms with E-state index in [1.54, 1.807) is 23.9 Å². The van der Waals surface area contributed by atoms with E-state index < -0.39 is 5.97 Å². The van der Waals surface area contributed by atoms with Crippen LogP contribution in [0, 0.1) is 0 Å². The molecule has 148 valence electrons. The monoisotopic (exact) mass is 378 g/mol. The van der Waals surface area contributed by atoms with Crippen LogP contribution in [-0.4, -0.2) is 16.8 Å². The molecule has 0 atom stereocenters. The average molecular weight is 379 g/mol. The zero-order valence-electron chi connectivity index (χ0n) is 16.7. The summed E-state index contributed by atoms with van der Waals surface area (Å²) in [4.78, 5) is 12.0. The van der Waals surface area contributed by atoms with Crippen molar-refractivity contribution in [2.24, 2.45) is 0 Å². The zero-order chi connectivity index (χ0) is 18.9. The van der Waals surface area contributed by atoms with Crippen LogP contribution in [0.25, 0.3) is 0 Å². The van der Waals surface area contributed by atoms with Crippen LogP contribution in [0.4, 0.5) is 0 Å². The van der Waals surface area contributed by atoms with Gasteiger partial charge in [-0.1, -0.05) is 96.5 Å². The van der Waals surface area contributed by atoms with E-state index in [-0.39, 0.29) is 0 Å². The molecule has 1 aromatic rings. The summed E-state index contributed by atoms with van der Waals surface area (Å²) in [5.74, 6) is 0.241. The van der Waals surface area contributed by atoms with Gasteiger partial charge in [0.2, 0.25) is 0 Å².